The second-order valence-corrected chi connectivity index (χ2v) is 5.59. The van der Waals surface area contributed by atoms with E-state index in [-0.39, 0.29) is 28.6 Å². The summed E-state index contributed by atoms with van der Waals surface area (Å²) in [6.07, 6.45) is 1.51. The van der Waals surface area contributed by atoms with Crippen LogP contribution in [0.5, 0.6) is 17.2 Å². The first-order valence-corrected chi connectivity index (χ1v) is 8.04. The van der Waals surface area contributed by atoms with Gasteiger partial charge in [0, 0.05) is 23.3 Å². The number of carbonyl (C=O) groups is 1. The molecule has 0 amide bonds. The SMILES string of the molecule is COc1ccc(/C=C2\N=C(c3ccc(OC)c([N+](=O)[O-])c3)OC2=O)c(OC)c1. The first-order chi connectivity index (χ1) is 13.5. The molecule has 0 N–H and O–H groups in total. The van der Waals surface area contributed by atoms with E-state index >= 15 is 0 Å². The van der Waals surface area contributed by atoms with Gasteiger partial charge in [0.05, 0.1) is 26.3 Å². The van der Waals surface area contributed by atoms with E-state index in [1.165, 1.54) is 45.6 Å². The van der Waals surface area contributed by atoms with E-state index in [9.17, 15) is 14.9 Å². The molecule has 9 heteroatoms. The van der Waals surface area contributed by atoms with Crippen LogP contribution in [0.4, 0.5) is 5.69 Å². The Balaban J connectivity index is 1.99. The van der Waals surface area contributed by atoms with Gasteiger partial charge in [-0.2, -0.15) is 0 Å². The molecular weight excluding hydrogens is 368 g/mol. The number of nitro groups is 1. The van der Waals surface area contributed by atoms with Gasteiger partial charge in [-0.3, -0.25) is 10.1 Å². The van der Waals surface area contributed by atoms with Crippen LogP contribution in [0.15, 0.2) is 47.1 Å². The Morgan fingerprint density at radius 2 is 1.79 bits per heavy atom. The fourth-order valence-corrected chi connectivity index (χ4v) is 2.58. The van der Waals surface area contributed by atoms with Crippen molar-refractivity contribution in [2.24, 2.45) is 4.99 Å². The Kier molecular flexibility index (Phi) is 5.25. The van der Waals surface area contributed by atoms with Crippen LogP contribution in [0.3, 0.4) is 0 Å². The van der Waals surface area contributed by atoms with Gasteiger partial charge < -0.3 is 18.9 Å². The molecule has 0 unspecified atom stereocenters. The summed E-state index contributed by atoms with van der Waals surface area (Å²) in [4.78, 5) is 27.0. The minimum absolute atomic E-state index is 0.0329. The van der Waals surface area contributed by atoms with Crippen molar-refractivity contribution < 1.29 is 28.7 Å². The summed E-state index contributed by atoms with van der Waals surface area (Å²) >= 11 is 0. The number of esters is 1. The lowest BCUT2D eigenvalue weighted by molar-refractivity contribution is -0.385. The smallest absolute Gasteiger partial charge is 0.363 e. The van der Waals surface area contributed by atoms with Crippen LogP contribution in [-0.2, 0) is 9.53 Å². The maximum Gasteiger partial charge on any atom is 0.363 e. The van der Waals surface area contributed by atoms with Crippen LogP contribution < -0.4 is 14.2 Å². The Bertz CT molecular complexity index is 1010. The predicted molar refractivity (Wildman–Crippen MR) is 99.8 cm³/mol. The van der Waals surface area contributed by atoms with Crippen LogP contribution in [0, 0.1) is 10.1 Å². The molecular formula is C19H16N2O7. The van der Waals surface area contributed by atoms with Crippen molar-refractivity contribution in [3.05, 3.63) is 63.3 Å². The van der Waals surface area contributed by atoms with E-state index in [1.807, 2.05) is 0 Å². The van der Waals surface area contributed by atoms with E-state index in [2.05, 4.69) is 4.99 Å². The zero-order valence-electron chi connectivity index (χ0n) is 15.3. The van der Waals surface area contributed by atoms with E-state index < -0.39 is 10.9 Å². The molecule has 144 valence electrons. The molecule has 0 fully saturated rings. The highest BCUT2D eigenvalue weighted by atomic mass is 16.6. The number of methoxy groups -OCH3 is 3. The van der Waals surface area contributed by atoms with Crippen molar-refractivity contribution in [2.45, 2.75) is 0 Å². The number of hydrogen-bond donors (Lipinski definition) is 0. The van der Waals surface area contributed by atoms with Crippen molar-refractivity contribution >= 4 is 23.6 Å². The molecule has 0 bridgehead atoms. The number of aliphatic imine (C=N–C) groups is 1. The molecule has 0 saturated carbocycles. The highest BCUT2D eigenvalue weighted by Crippen LogP contribution is 2.31. The van der Waals surface area contributed by atoms with E-state index in [4.69, 9.17) is 18.9 Å². The lowest BCUT2D eigenvalue weighted by Gasteiger charge is -2.07. The summed E-state index contributed by atoms with van der Waals surface area (Å²) in [6.45, 7) is 0. The highest BCUT2D eigenvalue weighted by molar-refractivity contribution is 6.13. The average molecular weight is 384 g/mol. The molecule has 0 radical (unpaired) electrons. The lowest BCUT2D eigenvalue weighted by Crippen LogP contribution is -2.06. The number of rotatable bonds is 6. The molecule has 1 heterocycles. The number of ether oxygens (including phenoxy) is 4. The number of benzene rings is 2. The molecule has 2 aromatic rings. The molecule has 0 saturated heterocycles. The minimum atomic E-state index is -0.675. The average Bonchev–Trinajstić information content (AvgIpc) is 3.08. The third kappa shape index (κ3) is 3.63. The first kappa shape index (κ1) is 18.9. The van der Waals surface area contributed by atoms with Crippen molar-refractivity contribution in [3.63, 3.8) is 0 Å². The van der Waals surface area contributed by atoms with Crippen molar-refractivity contribution in [1.82, 2.24) is 0 Å². The quantitative estimate of drug-likeness (QED) is 0.326. The van der Waals surface area contributed by atoms with Crippen LogP contribution in [0.2, 0.25) is 0 Å². The van der Waals surface area contributed by atoms with Crippen LogP contribution in [0.25, 0.3) is 6.08 Å². The third-order valence-electron chi connectivity index (χ3n) is 3.98. The number of hydrogen-bond acceptors (Lipinski definition) is 8. The standard InChI is InChI=1S/C19H16N2O7/c1-25-13-6-4-11(17(10-13)27-3)8-14-19(22)28-18(20-14)12-5-7-16(26-2)15(9-12)21(23)24/h4-10H,1-3H3/b14-8-. The molecule has 2 aromatic carbocycles. The van der Waals surface area contributed by atoms with Gasteiger partial charge in [-0.05, 0) is 30.3 Å². The summed E-state index contributed by atoms with van der Waals surface area (Å²) < 4.78 is 20.6. The van der Waals surface area contributed by atoms with Gasteiger partial charge in [-0.25, -0.2) is 9.79 Å². The van der Waals surface area contributed by atoms with Crippen LogP contribution in [0.1, 0.15) is 11.1 Å². The monoisotopic (exact) mass is 384 g/mol. The largest absolute Gasteiger partial charge is 0.497 e. The molecule has 28 heavy (non-hydrogen) atoms. The van der Waals surface area contributed by atoms with Gasteiger partial charge in [-0.15, -0.1) is 0 Å². The molecule has 1 aliphatic heterocycles. The maximum atomic E-state index is 12.2. The Hall–Kier alpha value is -3.88. The fraction of sp³-hybridized carbons (Fsp3) is 0.158. The summed E-state index contributed by atoms with van der Waals surface area (Å²) in [5.41, 5.74) is 0.664. The van der Waals surface area contributed by atoms with E-state index in [0.717, 1.165) is 0 Å². The van der Waals surface area contributed by atoms with Crippen molar-refractivity contribution in [1.29, 1.82) is 0 Å². The number of nitrogens with zero attached hydrogens (tertiary/aromatic N) is 2. The maximum absolute atomic E-state index is 12.2. The van der Waals surface area contributed by atoms with Gasteiger partial charge in [0.15, 0.2) is 11.4 Å². The summed E-state index contributed by atoms with van der Waals surface area (Å²) in [7, 11) is 4.36. The molecule has 1 aliphatic rings. The molecule has 9 nitrogen and oxygen atoms in total. The lowest BCUT2D eigenvalue weighted by atomic mass is 10.1. The summed E-state index contributed by atoms with van der Waals surface area (Å²) in [6, 6.07) is 9.27. The van der Waals surface area contributed by atoms with Gasteiger partial charge >= 0.3 is 11.7 Å². The third-order valence-corrected chi connectivity index (χ3v) is 3.98. The van der Waals surface area contributed by atoms with Crippen molar-refractivity contribution in [2.75, 3.05) is 21.3 Å². The molecule has 0 aliphatic carbocycles. The van der Waals surface area contributed by atoms with Gasteiger partial charge in [0.25, 0.3) is 0 Å². The Labute approximate surface area is 160 Å². The highest BCUT2D eigenvalue weighted by Gasteiger charge is 2.27. The first-order valence-electron chi connectivity index (χ1n) is 8.04. The molecule has 0 atom stereocenters. The molecule has 0 aromatic heterocycles. The molecule has 3 rings (SSSR count). The second-order valence-electron chi connectivity index (χ2n) is 5.59. The second kappa shape index (κ2) is 7.78. The van der Waals surface area contributed by atoms with E-state index in [0.29, 0.717) is 17.1 Å². The summed E-state index contributed by atoms with van der Waals surface area (Å²) in [5, 5.41) is 11.2. The topological polar surface area (TPSA) is 109 Å². The predicted octanol–water partition coefficient (Wildman–Crippen LogP) is 2.97. The number of nitro benzene ring substituents is 1. The van der Waals surface area contributed by atoms with Gasteiger partial charge in [-0.1, -0.05) is 0 Å². The molecule has 0 spiro atoms. The van der Waals surface area contributed by atoms with Crippen LogP contribution in [-0.4, -0.2) is 38.1 Å². The van der Waals surface area contributed by atoms with Crippen molar-refractivity contribution in [3.8, 4) is 17.2 Å². The minimum Gasteiger partial charge on any atom is -0.497 e. The summed E-state index contributed by atoms with van der Waals surface area (Å²) in [5.74, 6) is 0.476. The Morgan fingerprint density at radius 1 is 1.04 bits per heavy atom. The van der Waals surface area contributed by atoms with E-state index in [1.54, 1.807) is 18.2 Å². The number of cyclic esters (lactones) is 1. The van der Waals surface area contributed by atoms with Gasteiger partial charge in [0.1, 0.15) is 11.5 Å². The fourth-order valence-electron chi connectivity index (χ4n) is 2.58. The normalized spacial score (nSPS) is 14.5. The zero-order valence-corrected chi connectivity index (χ0v) is 15.3. The van der Waals surface area contributed by atoms with Crippen LogP contribution >= 0.6 is 0 Å². The van der Waals surface area contributed by atoms with Gasteiger partial charge in [0.2, 0.25) is 5.90 Å². The zero-order chi connectivity index (χ0) is 20.3. The Morgan fingerprint density at radius 3 is 2.43 bits per heavy atom. The number of carbonyl (C=O) groups excluding carboxylic acids is 1.